The van der Waals surface area contributed by atoms with E-state index in [-0.39, 0.29) is 11.6 Å². The molecule has 0 spiro atoms. The molecule has 3 amide bonds. The molecule has 3 N–H and O–H groups in total. The van der Waals surface area contributed by atoms with Crippen LogP contribution in [-0.4, -0.2) is 61.8 Å². The van der Waals surface area contributed by atoms with Crippen molar-refractivity contribution < 1.29 is 27.5 Å². The van der Waals surface area contributed by atoms with Gasteiger partial charge in [-0.3, -0.25) is 9.69 Å². The monoisotopic (exact) mass is 442 g/mol. The van der Waals surface area contributed by atoms with Gasteiger partial charge in [-0.05, 0) is 37.1 Å². The van der Waals surface area contributed by atoms with Crippen LogP contribution in [0.5, 0.6) is 0 Å². The van der Waals surface area contributed by atoms with Gasteiger partial charge in [-0.2, -0.15) is 13.2 Å². The minimum absolute atomic E-state index is 0.219. The molecule has 0 atom stereocenters. The Labute approximate surface area is 179 Å². The van der Waals surface area contributed by atoms with Crippen molar-refractivity contribution >= 4 is 17.6 Å². The second-order valence-corrected chi connectivity index (χ2v) is 8.01. The molecule has 10 heteroatoms. The number of carbonyl (C=O) groups is 2. The van der Waals surface area contributed by atoms with Crippen molar-refractivity contribution in [3.63, 3.8) is 0 Å². The molecule has 0 aromatic heterocycles. The van der Waals surface area contributed by atoms with Gasteiger partial charge < -0.3 is 20.7 Å². The molecule has 1 aliphatic heterocycles. The average molecular weight is 442 g/mol. The van der Waals surface area contributed by atoms with E-state index in [2.05, 4.69) is 20.9 Å². The number of hydrogen-bond acceptors (Lipinski definition) is 4. The second kappa shape index (κ2) is 10.3. The van der Waals surface area contributed by atoms with Crippen LogP contribution < -0.4 is 16.0 Å². The SMILES string of the molecule is O=C(Nc1ccc(C(F)(F)F)cc1)NC1(C(=O)NCCN2CCOCC2)CCCCC1. The molecule has 0 unspecified atom stereocenters. The molecule has 1 saturated heterocycles. The van der Waals surface area contributed by atoms with Gasteiger partial charge >= 0.3 is 12.2 Å². The van der Waals surface area contributed by atoms with Crippen LogP contribution in [0.1, 0.15) is 37.7 Å². The summed E-state index contributed by atoms with van der Waals surface area (Å²) in [4.78, 5) is 27.7. The summed E-state index contributed by atoms with van der Waals surface area (Å²) in [6, 6.07) is 3.59. The standard InChI is InChI=1S/C21H29F3N4O3/c22-21(23,24)16-4-6-17(7-5-16)26-19(30)27-20(8-2-1-3-9-20)18(29)25-10-11-28-12-14-31-15-13-28/h4-7H,1-3,8-15H2,(H,25,29)(H2,26,27,30). The lowest BCUT2D eigenvalue weighted by atomic mass is 9.81. The Morgan fingerprint density at radius 3 is 2.29 bits per heavy atom. The van der Waals surface area contributed by atoms with Gasteiger partial charge in [-0.25, -0.2) is 4.79 Å². The van der Waals surface area contributed by atoms with Gasteiger partial charge in [0.15, 0.2) is 0 Å². The Bertz CT molecular complexity index is 743. The fraction of sp³-hybridized carbons (Fsp3) is 0.619. The topological polar surface area (TPSA) is 82.7 Å². The maximum Gasteiger partial charge on any atom is 0.416 e. The number of nitrogens with zero attached hydrogens (tertiary/aromatic N) is 1. The molecule has 2 aliphatic rings. The van der Waals surface area contributed by atoms with Crippen molar-refractivity contribution in [2.45, 2.75) is 43.8 Å². The van der Waals surface area contributed by atoms with Crippen LogP contribution in [0.15, 0.2) is 24.3 Å². The first-order valence-electron chi connectivity index (χ1n) is 10.6. The van der Waals surface area contributed by atoms with Gasteiger partial charge in [-0.15, -0.1) is 0 Å². The Kier molecular flexibility index (Phi) is 7.77. The lowest BCUT2D eigenvalue weighted by Gasteiger charge is -2.37. The van der Waals surface area contributed by atoms with Crippen molar-refractivity contribution in [3.8, 4) is 0 Å². The summed E-state index contributed by atoms with van der Waals surface area (Å²) in [5, 5.41) is 8.28. The number of anilines is 1. The molecule has 1 saturated carbocycles. The lowest BCUT2D eigenvalue weighted by Crippen LogP contribution is -2.61. The average Bonchev–Trinajstić information content (AvgIpc) is 2.74. The highest BCUT2D eigenvalue weighted by Crippen LogP contribution is 2.30. The fourth-order valence-corrected chi connectivity index (χ4v) is 4.01. The van der Waals surface area contributed by atoms with E-state index in [4.69, 9.17) is 4.74 Å². The van der Waals surface area contributed by atoms with E-state index in [1.165, 1.54) is 12.1 Å². The Balaban J connectivity index is 1.56. The van der Waals surface area contributed by atoms with Crippen molar-refractivity contribution in [1.82, 2.24) is 15.5 Å². The molecule has 1 aromatic carbocycles. The lowest BCUT2D eigenvalue weighted by molar-refractivity contribution is -0.137. The maximum absolute atomic E-state index is 13.0. The van der Waals surface area contributed by atoms with E-state index >= 15 is 0 Å². The third-order valence-corrected chi connectivity index (χ3v) is 5.78. The molecule has 172 valence electrons. The highest BCUT2D eigenvalue weighted by atomic mass is 19.4. The summed E-state index contributed by atoms with van der Waals surface area (Å²) in [7, 11) is 0. The number of carbonyl (C=O) groups excluding carboxylic acids is 2. The zero-order valence-corrected chi connectivity index (χ0v) is 17.4. The predicted molar refractivity (Wildman–Crippen MR) is 110 cm³/mol. The van der Waals surface area contributed by atoms with Crippen molar-refractivity contribution in [1.29, 1.82) is 0 Å². The van der Waals surface area contributed by atoms with Crippen molar-refractivity contribution in [2.24, 2.45) is 0 Å². The molecule has 1 heterocycles. The Morgan fingerprint density at radius 2 is 1.68 bits per heavy atom. The van der Waals surface area contributed by atoms with Gasteiger partial charge in [0.25, 0.3) is 0 Å². The van der Waals surface area contributed by atoms with Crippen LogP contribution in [0, 0.1) is 0 Å². The number of morpholine rings is 1. The smallest absolute Gasteiger partial charge is 0.379 e. The van der Waals surface area contributed by atoms with Gasteiger partial charge in [0.05, 0.1) is 18.8 Å². The van der Waals surface area contributed by atoms with Crippen LogP contribution in [-0.2, 0) is 15.7 Å². The second-order valence-electron chi connectivity index (χ2n) is 8.01. The molecule has 2 fully saturated rings. The minimum atomic E-state index is -4.44. The maximum atomic E-state index is 13.0. The Morgan fingerprint density at radius 1 is 1.03 bits per heavy atom. The molecular weight excluding hydrogens is 413 g/mol. The van der Waals surface area contributed by atoms with Crippen LogP contribution in [0.25, 0.3) is 0 Å². The van der Waals surface area contributed by atoms with Gasteiger partial charge in [-0.1, -0.05) is 19.3 Å². The van der Waals surface area contributed by atoms with Crippen LogP contribution in [0.2, 0.25) is 0 Å². The minimum Gasteiger partial charge on any atom is -0.379 e. The number of ether oxygens (including phenoxy) is 1. The highest BCUT2D eigenvalue weighted by molar-refractivity contribution is 5.96. The molecule has 3 rings (SSSR count). The fourth-order valence-electron chi connectivity index (χ4n) is 4.01. The summed E-state index contributed by atoms with van der Waals surface area (Å²) >= 11 is 0. The quantitative estimate of drug-likeness (QED) is 0.633. The normalized spacial score (nSPS) is 19.5. The molecule has 0 radical (unpaired) electrons. The number of nitrogens with one attached hydrogen (secondary N) is 3. The molecular formula is C21H29F3N4O3. The molecule has 7 nitrogen and oxygen atoms in total. The largest absolute Gasteiger partial charge is 0.416 e. The van der Waals surface area contributed by atoms with Crippen molar-refractivity contribution in [2.75, 3.05) is 44.7 Å². The van der Waals surface area contributed by atoms with E-state index in [1.807, 2.05) is 0 Å². The first kappa shape index (κ1) is 23.3. The Hall–Kier alpha value is -2.33. The number of halogens is 3. The summed E-state index contributed by atoms with van der Waals surface area (Å²) in [6.45, 7) is 4.21. The third kappa shape index (κ3) is 6.57. The van der Waals surface area contributed by atoms with Crippen molar-refractivity contribution in [3.05, 3.63) is 29.8 Å². The predicted octanol–water partition coefficient (Wildman–Crippen LogP) is 2.98. The summed E-state index contributed by atoms with van der Waals surface area (Å²) in [5.74, 6) is -0.219. The van der Waals surface area contributed by atoms with E-state index in [1.54, 1.807) is 0 Å². The molecule has 31 heavy (non-hydrogen) atoms. The number of hydrogen-bond donors (Lipinski definition) is 3. The van der Waals surface area contributed by atoms with E-state index in [9.17, 15) is 22.8 Å². The summed E-state index contributed by atoms with van der Waals surface area (Å²) in [6.07, 6.45) is -0.764. The molecule has 1 aromatic rings. The van der Waals surface area contributed by atoms with Gasteiger partial charge in [0.1, 0.15) is 5.54 Å². The molecule has 1 aliphatic carbocycles. The highest BCUT2D eigenvalue weighted by Gasteiger charge is 2.40. The van der Waals surface area contributed by atoms with Gasteiger partial charge in [0.2, 0.25) is 5.91 Å². The molecule has 0 bridgehead atoms. The van der Waals surface area contributed by atoms with Gasteiger partial charge in [0, 0.05) is 31.9 Å². The first-order chi connectivity index (χ1) is 14.8. The number of benzene rings is 1. The zero-order chi connectivity index (χ0) is 22.3. The van der Waals surface area contributed by atoms with E-state index in [0.717, 1.165) is 44.5 Å². The van der Waals surface area contributed by atoms with Crippen LogP contribution in [0.3, 0.4) is 0 Å². The third-order valence-electron chi connectivity index (χ3n) is 5.78. The summed E-state index contributed by atoms with van der Waals surface area (Å²) in [5.41, 5.74) is -1.58. The van der Waals surface area contributed by atoms with E-state index < -0.39 is 23.3 Å². The van der Waals surface area contributed by atoms with Crippen LogP contribution in [0.4, 0.5) is 23.7 Å². The number of amides is 3. The van der Waals surface area contributed by atoms with Crippen LogP contribution >= 0.6 is 0 Å². The number of rotatable bonds is 6. The number of urea groups is 1. The van der Waals surface area contributed by atoms with E-state index in [0.29, 0.717) is 39.1 Å². The zero-order valence-electron chi connectivity index (χ0n) is 17.4. The first-order valence-corrected chi connectivity index (χ1v) is 10.6. The summed E-state index contributed by atoms with van der Waals surface area (Å²) < 4.78 is 43.4. The number of alkyl halides is 3.